The van der Waals surface area contributed by atoms with Crippen LogP contribution < -0.4 is 15.2 Å². The van der Waals surface area contributed by atoms with E-state index in [4.69, 9.17) is 26.2 Å². The van der Waals surface area contributed by atoms with Gasteiger partial charge in [0.25, 0.3) is 5.24 Å². The highest BCUT2D eigenvalue weighted by Crippen LogP contribution is 2.27. The van der Waals surface area contributed by atoms with E-state index in [0.29, 0.717) is 51.3 Å². The van der Waals surface area contributed by atoms with E-state index in [1.54, 1.807) is 61.1 Å². The lowest BCUT2D eigenvalue weighted by Gasteiger charge is -2.09. The van der Waals surface area contributed by atoms with Gasteiger partial charge in [0.2, 0.25) is 11.8 Å². The van der Waals surface area contributed by atoms with Gasteiger partial charge in [-0.1, -0.05) is 0 Å². The minimum atomic E-state index is -4.78. The number of nitrogens with zero attached hydrogens (tertiary/aromatic N) is 6. The van der Waals surface area contributed by atoms with Crippen LogP contribution in [0.2, 0.25) is 0 Å². The van der Waals surface area contributed by atoms with Crippen molar-refractivity contribution in [3.8, 4) is 34.4 Å². The van der Waals surface area contributed by atoms with Crippen molar-refractivity contribution in [3.05, 3.63) is 139 Å². The molecular weight excluding hydrogens is 812 g/mol. The van der Waals surface area contributed by atoms with Crippen LogP contribution in [0.1, 0.15) is 26.4 Å². The van der Waals surface area contributed by atoms with Crippen LogP contribution in [-0.4, -0.2) is 53.7 Å². The highest BCUT2D eigenvalue weighted by Gasteiger charge is 2.31. The number of hydrogen-bond donors (Lipinski definition) is 1. The van der Waals surface area contributed by atoms with Crippen molar-refractivity contribution in [2.75, 3.05) is 5.73 Å². The quantitative estimate of drug-likeness (QED) is 0.0869. The van der Waals surface area contributed by atoms with Crippen molar-refractivity contribution in [1.82, 2.24) is 29.9 Å². The Kier molecular flexibility index (Phi) is 12.4. The number of ketones is 1. The molecule has 59 heavy (non-hydrogen) atoms. The summed E-state index contributed by atoms with van der Waals surface area (Å²) in [5.74, 6) is 0.212. The van der Waals surface area contributed by atoms with E-state index < -0.39 is 23.7 Å². The van der Waals surface area contributed by atoms with E-state index >= 15 is 0 Å². The smallest absolute Gasteiger partial charge is 0.434 e. The molecule has 0 aliphatic heterocycles. The number of pyridine rings is 4. The number of rotatable bonds is 8. The van der Waals surface area contributed by atoms with E-state index in [9.17, 15) is 35.9 Å². The number of nitrogen functional groups attached to an aromatic ring is 1. The second-order valence-corrected chi connectivity index (χ2v) is 12.1. The van der Waals surface area contributed by atoms with E-state index in [-0.39, 0.29) is 29.1 Å². The average molecular weight is 836 g/mol. The SMILES string of the molecule is Nc1cc(-c2nc3ncccc3o2)ccn1.O=C(Cc1cc(-c2nc3ncccc3o2)ccn1)c1ccc(OC(F)(F)F)cc1.O=C(Cl)c1ccc(OC(F)(F)F)cc1. The first kappa shape index (κ1) is 41.2. The molecule has 0 aliphatic rings. The Morgan fingerprint density at radius 1 is 0.610 bits per heavy atom. The normalized spacial score (nSPS) is 11.2. The molecule has 300 valence electrons. The summed E-state index contributed by atoms with van der Waals surface area (Å²) in [5, 5.41) is -0.733. The molecule has 0 saturated carbocycles. The van der Waals surface area contributed by atoms with Crippen LogP contribution in [0.4, 0.5) is 32.2 Å². The number of benzene rings is 2. The van der Waals surface area contributed by atoms with Crippen LogP contribution in [0.15, 0.2) is 131 Å². The predicted molar refractivity (Wildman–Crippen MR) is 199 cm³/mol. The number of hydrogen-bond acceptors (Lipinski definition) is 13. The van der Waals surface area contributed by atoms with Gasteiger partial charge in [-0.05, 0) is 109 Å². The number of aromatic nitrogens is 6. The topological polar surface area (TPSA) is 182 Å². The molecule has 0 spiro atoms. The number of ether oxygens (including phenoxy) is 2. The summed E-state index contributed by atoms with van der Waals surface area (Å²) >= 11 is 5.09. The van der Waals surface area contributed by atoms with Gasteiger partial charge >= 0.3 is 12.7 Å². The van der Waals surface area contributed by atoms with Gasteiger partial charge in [-0.15, -0.1) is 26.3 Å². The molecule has 0 atom stereocenters. The Bertz CT molecular complexity index is 2640. The lowest BCUT2D eigenvalue weighted by molar-refractivity contribution is -0.275. The highest BCUT2D eigenvalue weighted by atomic mass is 35.5. The molecule has 0 aliphatic carbocycles. The molecule has 0 saturated heterocycles. The Morgan fingerprint density at radius 2 is 1.08 bits per heavy atom. The van der Waals surface area contributed by atoms with Crippen LogP contribution in [-0.2, 0) is 6.42 Å². The van der Waals surface area contributed by atoms with E-state index in [0.717, 1.165) is 42.0 Å². The number of halogens is 7. The lowest BCUT2D eigenvalue weighted by atomic mass is 10.1. The second kappa shape index (κ2) is 17.8. The predicted octanol–water partition coefficient (Wildman–Crippen LogP) is 9.44. The monoisotopic (exact) mass is 835 g/mol. The molecule has 0 bridgehead atoms. The van der Waals surface area contributed by atoms with Gasteiger partial charge in [0, 0.05) is 52.7 Å². The van der Waals surface area contributed by atoms with Crippen LogP contribution in [0.25, 0.3) is 45.4 Å². The minimum Gasteiger partial charge on any atom is -0.434 e. The van der Waals surface area contributed by atoms with E-state index in [2.05, 4.69) is 39.4 Å². The third-order valence-electron chi connectivity index (χ3n) is 7.49. The Balaban J connectivity index is 0.000000164. The second-order valence-electron chi connectivity index (χ2n) is 11.7. The molecule has 0 fully saturated rings. The van der Waals surface area contributed by atoms with Crippen LogP contribution in [0.5, 0.6) is 11.5 Å². The fourth-order valence-corrected chi connectivity index (χ4v) is 5.10. The van der Waals surface area contributed by atoms with E-state index in [1.165, 1.54) is 18.3 Å². The average Bonchev–Trinajstić information content (AvgIpc) is 3.83. The molecule has 20 heteroatoms. The van der Waals surface area contributed by atoms with Crippen molar-refractivity contribution in [2.24, 2.45) is 0 Å². The van der Waals surface area contributed by atoms with Crippen molar-refractivity contribution in [1.29, 1.82) is 0 Å². The van der Waals surface area contributed by atoms with Crippen LogP contribution in [0.3, 0.4) is 0 Å². The van der Waals surface area contributed by atoms with Gasteiger partial charge in [-0.2, -0.15) is 9.97 Å². The van der Waals surface area contributed by atoms with Gasteiger partial charge in [0.15, 0.2) is 28.2 Å². The minimum absolute atomic E-state index is 0.0359. The lowest BCUT2D eigenvalue weighted by Crippen LogP contribution is -2.17. The van der Waals surface area contributed by atoms with Crippen molar-refractivity contribution in [3.63, 3.8) is 0 Å². The molecule has 2 aromatic carbocycles. The first-order valence-electron chi connectivity index (χ1n) is 16.6. The maximum absolute atomic E-state index is 12.4. The van der Waals surface area contributed by atoms with Crippen molar-refractivity contribution in [2.45, 2.75) is 19.1 Å². The highest BCUT2D eigenvalue weighted by molar-refractivity contribution is 6.67. The summed E-state index contributed by atoms with van der Waals surface area (Å²) in [6.45, 7) is 0. The third kappa shape index (κ3) is 11.8. The van der Waals surface area contributed by atoms with Crippen LogP contribution >= 0.6 is 11.6 Å². The largest absolute Gasteiger partial charge is 0.573 e. The zero-order chi connectivity index (χ0) is 42.2. The van der Waals surface area contributed by atoms with Gasteiger partial charge in [0.05, 0.1) is 6.42 Å². The fraction of sp³-hybridized carbons (Fsp3) is 0.0769. The first-order valence-corrected chi connectivity index (χ1v) is 17.0. The molecule has 8 rings (SSSR count). The number of carbonyl (C=O) groups is 2. The number of Topliss-reactive ketones (excluding diaryl/α,β-unsaturated/α-hetero) is 1. The molecule has 0 amide bonds. The van der Waals surface area contributed by atoms with Gasteiger partial charge < -0.3 is 24.0 Å². The molecule has 0 radical (unpaired) electrons. The van der Waals surface area contributed by atoms with Crippen LogP contribution in [0, 0.1) is 0 Å². The molecule has 0 unspecified atom stereocenters. The molecule has 2 N–H and O–H groups in total. The standard InChI is InChI=1S/C20H12F3N3O3.C11H8N4O.C8H4ClF3O2/c21-20(22,23)29-15-5-3-12(4-6-15)16(27)11-14-10-13(7-9-24-14)19-26-18-17(28-19)2-1-8-25-18;12-9-6-7(3-5-13-9)11-15-10-8(16-11)2-1-4-14-10;9-7(13)5-1-3-6(4-2-5)14-8(10,11)12/h1-10H,11H2;1-6H,(H2,12,13);1-4H. The zero-order valence-electron chi connectivity index (χ0n) is 29.6. The molecule has 13 nitrogen and oxygen atoms in total. The number of fused-ring (bicyclic) bond motifs is 2. The first-order chi connectivity index (χ1) is 28.1. The van der Waals surface area contributed by atoms with Crippen molar-refractivity contribution < 1.29 is 54.2 Å². The van der Waals surface area contributed by atoms with Crippen molar-refractivity contribution >= 4 is 50.9 Å². The summed E-state index contributed by atoms with van der Waals surface area (Å²) in [7, 11) is 0. The number of anilines is 1. The number of nitrogens with two attached hydrogens (primary N) is 1. The molecular formula is C39H24ClF6N7O6. The maximum Gasteiger partial charge on any atom is 0.573 e. The molecule has 6 heterocycles. The Hall–Kier alpha value is -7.41. The van der Waals surface area contributed by atoms with Gasteiger partial charge in [-0.3, -0.25) is 14.6 Å². The Labute approximate surface area is 332 Å². The number of carbonyl (C=O) groups excluding carboxylic acids is 2. The summed E-state index contributed by atoms with van der Waals surface area (Å²) in [5.41, 5.74) is 10.1. The van der Waals surface area contributed by atoms with E-state index in [1.807, 2.05) is 6.07 Å². The Morgan fingerprint density at radius 3 is 1.54 bits per heavy atom. The summed E-state index contributed by atoms with van der Waals surface area (Å²) in [4.78, 5) is 47.9. The molecule has 6 aromatic heterocycles. The molecule has 8 aromatic rings. The zero-order valence-corrected chi connectivity index (χ0v) is 30.4. The summed E-state index contributed by atoms with van der Waals surface area (Å²) < 4.78 is 90.3. The number of oxazole rings is 2. The fourth-order valence-electron chi connectivity index (χ4n) is 4.97. The summed E-state index contributed by atoms with van der Waals surface area (Å²) in [6, 6.07) is 23.1. The third-order valence-corrected chi connectivity index (χ3v) is 7.71. The van der Waals surface area contributed by atoms with Gasteiger partial charge in [0.1, 0.15) is 17.3 Å². The maximum atomic E-state index is 12.4. The number of alkyl halides is 6. The van der Waals surface area contributed by atoms with Gasteiger partial charge in [-0.25, -0.2) is 15.0 Å². The summed E-state index contributed by atoms with van der Waals surface area (Å²) in [6.07, 6.45) is -3.12.